The van der Waals surface area contributed by atoms with Crippen LogP contribution in [0.3, 0.4) is 0 Å². The first-order valence-corrected chi connectivity index (χ1v) is 6.94. The Kier molecular flexibility index (Phi) is 3.25. The third kappa shape index (κ3) is 2.77. The number of benzene rings is 1. The Morgan fingerprint density at radius 1 is 1.26 bits per heavy atom. The average Bonchev–Trinajstić information content (AvgIpc) is 2.38. The topological polar surface area (TPSA) is 28.2 Å². The summed E-state index contributed by atoms with van der Waals surface area (Å²) in [5.41, 5.74) is 2.67. The smallest absolute Gasteiger partial charge is 0.0746 e. The van der Waals surface area contributed by atoms with Crippen molar-refractivity contribution in [3.63, 3.8) is 0 Å². The van der Waals surface area contributed by atoms with Crippen LogP contribution in [-0.2, 0) is 6.54 Å². The lowest BCUT2D eigenvalue weighted by molar-refractivity contribution is 0.149. The minimum atomic E-state index is 0.205. The summed E-state index contributed by atoms with van der Waals surface area (Å²) in [6.07, 6.45) is 1.88. The van der Waals surface area contributed by atoms with E-state index in [4.69, 9.17) is 0 Å². The molecule has 100 valence electrons. The fraction of sp³-hybridized carbons (Fsp3) is 0.438. The zero-order chi connectivity index (χ0) is 13.3. The average molecular weight is 255 g/mol. The molecule has 1 fully saturated rings. The fourth-order valence-electron chi connectivity index (χ4n) is 2.92. The first kappa shape index (κ1) is 12.6. The van der Waals surface area contributed by atoms with Gasteiger partial charge in [0, 0.05) is 43.3 Å². The van der Waals surface area contributed by atoms with E-state index in [1.807, 2.05) is 12.3 Å². The van der Waals surface area contributed by atoms with Crippen LogP contribution in [0.5, 0.6) is 0 Å². The molecular formula is C16H21N3. The number of aromatic nitrogens is 1. The normalized spacial score (nSPS) is 19.7. The Balaban J connectivity index is 1.85. The van der Waals surface area contributed by atoms with E-state index in [0.29, 0.717) is 0 Å². The second-order valence-electron chi connectivity index (χ2n) is 6.01. The molecule has 0 unspecified atom stereocenters. The van der Waals surface area contributed by atoms with E-state index < -0.39 is 0 Å². The van der Waals surface area contributed by atoms with E-state index >= 15 is 0 Å². The summed E-state index contributed by atoms with van der Waals surface area (Å²) in [7, 11) is 0. The predicted molar refractivity (Wildman–Crippen MR) is 79.1 cm³/mol. The van der Waals surface area contributed by atoms with E-state index in [0.717, 1.165) is 31.7 Å². The molecule has 3 rings (SSSR count). The highest BCUT2D eigenvalue weighted by Gasteiger charge is 2.25. The number of nitrogens with one attached hydrogen (secondary N) is 1. The van der Waals surface area contributed by atoms with Gasteiger partial charge >= 0.3 is 0 Å². The molecule has 3 nitrogen and oxygen atoms in total. The molecule has 2 aromatic rings. The zero-order valence-electron chi connectivity index (χ0n) is 11.7. The second-order valence-corrected chi connectivity index (χ2v) is 6.01. The lowest BCUT2D eigenvalue weighted by Crippen LogP contribution is -2.56. The predicted octanol–water partition coefficient (Wildman–Crippen LogP) is 2.42. The number of hydrogen-bond acceptors (Lipinski definition) is 3. The quantitative estimate of drug-likeness (QED) is 0.893. The number of pyridine rings is 1. The monoisotopic (exact) mass is 255 g/mol. The number of rotatable bonds is 2. The lowest BCUT2D eigenvalue weighted by Gasteiger charge is -2.39. The lowest BCUT2D eigenvalue weighted by atomic mass is 10.0. The van der Waals surface area contributed by atoms with Crippen molar-refractivity contribution in [2.24, 2.45) is 0 Å². The summed E-state index contributed by atoms with van der Waals surface area (Å²) in [4.78, 5) is 7.05. The Morgan fingerprint density at radius 3 is 2.95 bits per heavy atom. The molecule has 0 atom stereocenters. The van der Waals surface area contributed by atoms with Crippen LogP contribution in [0.2, 0.25) is 0 Å². The first-order valence-electron chi connectivity index (χ1n) is 6.94. The SMILES string of the molecule is CC1(C)CN(Cc2cccc3cccnc23)CCN1. The van der Waals surface area contributed by atoms with Crippen molar-refractivity contribution in [3.8, 4) is 0 Å². The summed E-state index contributed by atoms with van der Waals surface area (Å²) >= 11 is 0. The van der Waals surface area contributed by atoms with Gasteiger partial charge in [0.05, 0.1) is 5.52 Å². The Labute approximate surface area is 114 Å². The van der Waals surface area contributed by atoms with Crippen molar-refractivity contribution < 1.29 is 0 Å². The van der Waals surface area contributed by atoms with E-state index in [-0.39, 0.29) is 5.54 Å². The number of fused-ring (bicyclic) bond motifs is 1. The van der Waals surface area contributed by atoms with Gasteiger partial charge in [-0.1, -0.05) is 24.3 Å². The molecule has 0 radical (unpaired) electrons. The van der Waals surface area contributed by atoms with Crippen LogP contribution >= 0.6 is 0 Å². The van der Waals surface area contributed by atoms with E-state index in [1.54, 1.807) is 0 Å². The van der Waals surface area contributed by atoms with Crippen LogP contribution in [0.25, 0.3) is 10.9 Å². The third-order valence-electron chi connectivity index (χ3n) is 3.76. The van der Waals surface area contributed by atoms with Gasteiger partial charge in [-0.05, 0) is 25.5 Å². The van der Waals surface area contributed by atoms with Crippen LogP contribution < -0.4 is 5.32 Å². The largest absolute Gasteiger partial charge is 0.309 e. The van der Waals surface area contributed by atoms with Gasteiger partial charge < -0.3 is 5.32 Å². The van der Waals surface area contributed by atoms with Crippen molar-refractivity contribution in [1.29, 1.82) is 0 Å². The standard InChI is InChI=1S/C16H21N3/c1-16(2)12-19(10-9-18-16)11-14-6-3-5-13-7-4-8-17-15(13)14/h3-8,18H,9-12H2,1-2H3. The molecule has 19 heavy (non-hydrogen) atoms. The van der Waals surface area contributed by atoms with Gasteiger partial charge in [-0.3, -0.25) is 9.88 Å². The summed E-state index contributed by atoms with van der Waals surface area (Å²) in [5.74, 6) is 0. The highest BCUT2D eigenvalue weighted by molar-refractivity contribution is 5.81. The first-order chi connectivity index (χ1) is 9.14. The second kappa shape index (κ2) is 4.91. The van der Waals surface area contributed by atoms with Gasteiger partial charge in [0.1, 0.15) is 0 Å². The van der Waals surface area contributed by atoms with Crippen molar-refractivity contribution in [2.75, 3.05) is 19.6 Å². The number of hydrogen-bond donors (Lipinski definition) is 1. The van der Waals surface area contributed by atoms with Crippen LogP contribution in [0.15, 0.2) is 36.5 Å². The van der Waals surface area contributed by atoms with E-state index in [9.17, 15) is 0 Å². The maximum absolute atomic E-state index is 4.54. The summed E-state index contributed by atoms with van der Waals surface area (Å²) in [5, 5.41) is 4.78. The van der Waals surface area contributed by atoms with Gasteiger partial charge in [0.25, 0.3) is 0 Å². The van der Waals surface area contributed by atoms with Crippen molar-refractivity contribution in [3.05, 3.63) is 42.1 Å². The molecule has 0 amide bonds. The molecule has 1 aliphatic heterocycles. The minimum Gasteiger partial charge on any atom is -0.309 e. The number of piperazine rings is 1. The van der Waals surface area contributed by atoms with Gasteiger partial charge in [-0.25, -0.2) is 0 Å². The minimum absolute atomic E-state index is 0.205. The molecule has 3 heteroatoms. The van der Waals surface area contributed by atoms with Crippen LogP contribution in [0, 0.1) is 0 Å². The zero-order valence-corrected chi connectivity index (χ0v) is 11.7. The van der Waals surface area contributed by atoms with E-state index in [2.05, 4.69) is 53.3 Å². The molecule has 1 aromatic heterocycles. The molecule has 1 aromatic carbocycles. The molecule has 0 aliphatic carbocycles. The Bertz CT molecular complexity index is 572. The third-order valence-corrected chi connectivity index (χ3v) is 3.76. The molecule has 0 spiro atoms. The summed E-state index contributed by atoms with van der Waals surface area (Å²) < 4.78 is 0. The van der Waals surface area contributed by atoms with E-state index in [1.165, 1.54) is 10.9 Å². The molecule has 1 aliphatic rings. The molecule has 2 heterocycles. The van der Waals surface area contributed by atoms with Crippen molar-refractivity contribution in [1.82, 2.24) is 15.2 Å². The number of para-hydroxylation sites is 1. The molecule has 0 saturated carbocycles. The Hall–Kier alpha value is -1.45. The highest BCUT2D eigenvalue weighted by Crippen LogP contribution is 2.19. The molecule has 0 bridgehead atoms. The Morgan fingerprint density at radius 2 is 2.11 bits per heavy atom. The molecular weight excluding hydrogens is 234 g/mol. The number of nitrogens with zero attached hydrogens (tertiary/aromatic N) is 2. The maximum atomic E-state index is 4.54. The van der Waals surface area contributed by atoms with Gasteiger partial charge in [0.15, 0.2) is 0 Å². The van der Waals surface area contributed by atoms with Crippen molar-refractivity contribution >= 4 is 10.9 Å². The van der Waals surface area contributed by atoms with Crippen LogP contribution in [-0.4, -0.2) is 35.1 Å². The summed E-state index contributed by atoms with van der Waals surface area (Å²) in [6.45, 7) is 8.76. The molecule has 1 N–H and O–H groups in total. The maximum Gasteiger partial charge on any atom is 0.0746 e. The van der Waals surface area contributed by atoms with Crippen LogP contribution in [0.1, 0.15) is 19.4 Å². The van der Waals surface area contributed by atoms with Crippen molar-refractivity contribution in [2.45, 2.75) is 25.9 Å². The van der Waals surface area contributed by atoms with Gasteiger partial charge in [0.2, 0.25) is 0 Å². The fourth-order valence-corrected chi connectivity index (χ4v) is 2.92. The highest BCUT2D eigenvalue weighted by atomic mass is 15.2. The summed E-state index contributed by atoms with van der Waals surface area (Å²) in [6, 6.07) is 10.6. The van der Waals surface area contributed by atoms with Crippen LogP contribution in [0.4, 0.5) is 0 Å². The van der Waals surface area contributed by atoms with Gasteiger partial charge in [-0.2, -0.15) is 0 Å². The molecule has 1 saturated heterocycles. The van der Waals surface area contributed by atoms with Gasteiger partial charge in [-0.15, -0.1) is 0 Å².